The Hall–Kier alpha value is -4.88. The highest BCUT2D eigenvalue weighted by atomic mass is 31.2. The van der Waals surface area contributed by atoms with Crippen molar-refractivity contribution in [3.05, 3.63) is 156 Å². The van der Waals surface area contributed by atoms with Gasteiger partial charge in [0.2, 0.25) is 0 Å². The fourth-order valence-corrected chi connectivity index (χ4v) is 11.2. The maximum atomic E-state index is 14.8. The van der Waals surface area contributed by atoms with E-state index in [1.54, 1.807) is 0 Å². The van der Waals surface area contributed by atoms with Crippen LogP contribution in [0.25, 0.3) is 34.4 Å². The highest BCUT2D eigenvalue weighted by molar-refractivity contribution is 7.75. The van der Waals surface area contributed by atoms with E-state index < -0.39 is 14.7 Å². The van der Waals surface area contributed by atoms with Crippen molar-refractivity contribution in [2.45, 2.75) is 33.1 Å². The third-order valence-corrected chi connectivity index (χ3v) is 14.3. The van der Waals surface area contributed by atoms with Crippen LogP contribution in [0.3, 0.4) is 0 Å². The summed E-state index contributed by atoms with van der Waals surface area (Å²) in [5.41, 5.74) is 7.99. The molecule has 0 saturated heterocycles. The van der Waals surface area contributed by atoms with Gasteiger partial charge in [0.25, 0.3) is 0 Å². The average Bonchev–Trinajstić information content (AvgIpc) is 3.11. The molecule has 6 heteroatoms. The standard InChI is InChI=1S/C43H36O4P2/c1-29-13-25-37-38-28-32(43(2,3)4)20-26-40(38)47-49(45,42(37)27-29)34-23-18-31(19-24-34)15-14-30-16-21-33(22-17-30)48(44)41-12-8-6-10-36(41)35-9-5-7-11-39(35)46-48/h5-28H,1-4H3/b15-14+/t48?,49-/m1/s1. The highest BCUT2D eigenvalue weighted by Crippen LogP contribution is 2.55. The van der Waals surface area contributed by atoms with E-state index in [1.165, 1.54) is 5.56 Å². The summed E-state index contributed by atoms with van der Waals surface area (Å²) in [6.45, 7) is 8.60. The molecule has 0 aliphatic carbocycles. The topological polar surface area (TPSA) is 52.6 Å². The van der Waals surface area contributed by atoms with Gasteiger partial charge in [-0.15, -0.1) is 0 Å². The zero-order valence-electron chi connectivity index (χ0n) is 27.9. The van der Waals surface area contributed by atoms with Gasteiger partial charge in [-0.1, -0.05) is 117 Å². The van der Waals surface area contributed by atoms with Crippen molar-refractivity contribution in [3.8, 4) is 33.8 Å². The molecule has 6 aromatic carbocycles. The Kier molecular flexibility index (Phi) is 7.45. The second kappa shape index (κ2) is 11.6. The molecule has 242 valence electrons. The lowest BCUT2D eigenvalue weighted by atomic mass is 9.85. The quantitative estimate of drug-likeness (QED) is 0.138. The molecule has 0 saturated carbocycles. The van der Waals surface area contributed by atoms with Crippen molar-refractivity contribution >= 4 is 48.1 Å². The number of rotatable bonds is 4. The molecule has 2 aliphatic rings. The Balaban J connectivity index is 1.06. The van der Waals surface area contributed by atoms with E-state index in [0.717, 1.165) is 44.2 Å². The third-order valence-electron chi connectivity index (χ3n) is 9.39. The van der Waals surface area contributed by atoms with Gasteiger partial charge in [0.05, 0.1) is 21.2 Å². The summed E-state index contributed by atoms with van der Waals surface area (Å²) in [4.78, 5) is 0. The van der Waals surface area contributed by atoms with Gasteiger partial charge in [-0.3, -0.25) is 9.13 Å². The number of hydrogen-bond acceptors (Lipinski definition) is 4. The van der Waals surface area contributed by atoms with Crippen LogP contribution in [-0.2, 0) is 14.5 Å². The first kappa shape index (κ1) is 31.4. The molecule has 4 nitrogen and oxygen atoms in total. The lowest BCUT2D eigenvalue weighted by Gasteiger charge is -2.31. The molecule has 6 aromatic rings. The van der Waals surface area contributed by atoms with Gasteiger partial charge in [-0.05, 0) is 94.8 Å². The van der Waals surface area contributed by atoms with Crippen LogP contribution in [0.1, 0.15) is 43.0 Å². The number of aryl methyl sites for hydroxylation is 1. The van der Waals surface area contributed by atoms with Crippen LogP contribution in [0.2, 0.25) is 0 Å². The molecule has 0 fully saturated rings. The number of para-hydroxylation sites is 1. The summed E-state index contributed by atoms with van der Waals surface area (Å²) in [6.07, 6.45) is 4.03. The molecule has 0 spiro atoms. The van der Waals surface area contributed by atoms with Crippen LogP contribution in [0.4, 0.5) is 0 Å². The Bertz CT molecular complexity index is 2380. The molecule has 0 radical (unpaired) electrons. The number of fused-ring (bicyclic) bond motifs is 6. The second-order valence-corrected chi connectivity index (χ2v) is 18.4. The Morgan fingerprint density at radius 1 is 0.510 bits per heavy atom. The molecule has 0 bridgehead atoms. The van der Waals surface area contributed by atoms with Gasteiger partial charge in [0.1, 0.15) is 11.5 Å². The lowest BCUT2D eigenvalue weighted by molar-refractivity contribution is 0.500. The fraction of sp³-hybridized carbons (Fsp3) is 0.116. The molecule has 0 amide bonds. The summed E-state index contributed by atoms with van der Waals surface area (Å²) in [5.74, 6) is 1.28. The van der Waals surface area contributed by atoms with Crippen molar-refractivity contribution in [2.24, 2.45) is 0 Å². The van der Waals surface area contributed by atoms with Gasteiger partial charge in [-0.25, -0.2) is 0 Å². The van der Waals surface area contributed by atoms with Gasteiger partial charge in [0.15, 0.2) is 0 Å². The first-order chi connectivity index (χ1) is 23.5. The number of hydrogen-bond donors (Lipinski definition) is 0. The fourth-order valence-electron chi connectivity index (χ4n) is 6.64. The average molecular weight is 679 g/mol. The van der Waals surface area contributed by atoms with Gasteiger partial charge in [-0.2, -0.15) is 0 Å². The van der Waals surface area contributed by atoms with Crippen molar-refractivity contribution in [1.29, 1.82) is 0 Å². The van der Waals surface area contributed by atoms with Crippen molar-refractivity contribution in [2.75, 3.05) is 0 Å². The summed E-state index contributed by atoms with van der Waals surface area (Å²) in [7, 11) is -6.73. The molecule has 2 heterocycles. The van der Waals surface area contributed by atoms with Crippen LogP contribution in [0.15, 0.2) is 133 Å². The van der Waals surface area contributed by atoms with E-state index in [2.05, 4.69) is 45.0 Å². The summed E-state index contributed by atoms with van der Waals surface area (Å²) in [6, 6.07) is 43.3. The lowest BCUT2D eigenvalue weighted by Crippen LogP contribution is -2.26. The van der Waals surface area contributed by atoms with Crippen LogP contribution in [-0.4, -0.2) is 0 Å². The molecule has 8 rings (SSSR count). The smallest absolute Gasteiger partial charge is 0.307 e. The summed E-state index contributed by atoms with van der Waals surface area (Å²) < 4.78 is 41.9. The zero-order chi connectivity index (χ0) is 34.0. The van der Waals surface area contributed by atoms with E-state index >= 15 is 0 Å². The molecule has 2 aliphatic heterocycles. The monoisotopic (exact) mass is 678 g/mol. The molecule has 2 atom stereocenters. The third kappa shape index (κ3) is 5.41. The largest absolute Gasteiger partial charge is 0.436 e. The summed E-state index contributed by atoms with van der Waals surface area (Å²) >= 11 is 0. The maximum absolute atomic E-state index is 14.8. The van der Waals surface area contributed by atoms with Gasteiger partial charge in [0, 0.05) is 11.1 Å². The SMILES string of the molecule is Cc1ccc2c(c1)[P@@](=O)(c1ccc(/C=C/c3ccc(P4(=O)Oc5ccccc5-c5ccccc54)cc3)cc1)Oc1ccc(C(C)(C)C)cc1-2. The van der Waals surface area contributed by atoms with Crippen LogP contribution < -0.4 is 30.3 Å². The molecular formula is C43H36O4P2. The Morgan fingerprint density at radius 2 is 1.04 bits per heavy atom. The molecule has 1 unspecified atom stereocenters. The van der Waals surface area contributed by atoms with Gasteiger partial charge < -0.3 is 9.05 Å². The van der Waals surface area contributed by atoms with E-state index in [0.29, 0.717) is 27.4 Å². The normalized spacial score (nSPS) is 19.2. The minimum Gasteiger partial charge on any atom is -0.436 e. The predicted octanol–water partition coefficient (Wildman–Crippen LogP) is 10.0. The van der Waals surface area contributed by atoms with Crippen LogP contribution in [0, 0.1) is 6.92 Å². The van der Waals surface area contributed by atoms with E-state index in [1.807, 2.05) is 128 Å². The molecule has 0 N–H and O–H groups in total. The van der Waals surface area contributed by atoms with E-state index in [9.17, 15) is 9.13 Å². The van der Waals surface area contributed by atoms with Crippen molar-refractivity contribution in [3.63, 3.8) is 0 Å². The van der Waals surface area contributed by atoms with Crippen LogP contribution >= 0.6 is 14.7 Å². The van der Waals surface area contributed by atoms with E-state index in [4.69, 9.17) is 9.05 Å². The summed E-state index contributed by atoms with van der Waals surface area (Å²) in [5, 5.41) is 2.76. The number of benzene rings is 6. The first-order valence-corrected chi connectivity index (χ1v) is 19.7. The Labute approximate surface area is 288 Å². The van der Waals surface area contributed by atoms with Crippen molar-refractivity contribution in [1.82, 2.24) is 0 Å². The minimum atomic E-state index is -3.40. The minimum absolute atomic E-state index is 0.0189. The zero-order valence-corrected chi connectivity index (χ0v) is 29.7. The predicted molar refractivity (Wildman–Crippen MR) is 204 cm³/mol. The van der Waals surface area contributed by atoms with E-state index in [-0.39, 0.29) is 5.41 Å². The second-order valence-electron chi connectivity index (χ2n) is 13.8. The van der Waals surface area contributed by atoms with Gasteiger partial charge >= 0.3 is 14.7 Å². The molecular weight excluding hydrogens is 642 g/mol. The highest BCUT2D eigenvalue weighted by Gasteiger charge is 2.39. The molecule has 0 aromatic heterocycles. The first-order valence-electron chi connectivity index (χ1n) is 16.5. The van der Waals surface area contributed by atoms with Crippen LogP contribution in [0.5, 0.6) is 11.5 Å². The van der Waals surface area contributed by atoms with Crippen molar-refractivity contribution < 1.29 is 18.2 Å². The molecule has 49 heavy (non-hydrogen) atoms. The Morgan fingerprint density at radius 3 is 1.67 bits per heavy atom. The maximum Gasteiger partial charge on any atom is 0.307 e.